The van der Waals surface area contributed by atoms with Crippen molar-refractivity contribution in [2.75, 3.05) is 0 Å². The van der Waals surface area contributed by atoms with E-state index in [-0.39, 0.29) is 12.2 Å². The molecule has 0 radical (unpaired) electrons. The average molecular weight is 349 g/mol. The van der Waals surface area contributed by atoms with Gasteiger partial charge in [0.15, 0.2) is 0 Å². The molecule has 0 bridgehead atoms. The van der Waals surface area contributed by atoms with E-state index in [0.29, 0.717) is 16.3 Å². The molecule has 5 nitrogen and oxygen atoms in total. The fourth-order valence-electron chi connectivity index (χ4n) is 2.23. The minimum absolute atomic E-state index is 0.0188. The zero-order valence-corrected chi connectivity index (χ0v) is 14.0. The molecule has 0 spiro atoms. The van der Waals surface area contributed by atoms with E-state index in [4.69, 9.17) is 16.3 Å². The number of carbonyl (C=O) groups excluding carboxylic acids is 1. The maximum absolute atomic E-state index is 12.2. The van der Waals surface area contributed by atoms with Gasteiger partial charge in [-0.1, -0.05) is 29.8 Å². The van der Waals surface area contributed by atoms with Crippen molar-refractivity contribution in [3.05, 3.63) is 61.3 Å². The molecule has 0 amide bonds. The lowest BCUT2D eigenvalue weighted by Gasteiger charge is -2.06. The molecule has 0 atom stereocenters. The van der Waals surface area contributed by atoms with Crippen LogP contribution in [-0.4, -0.2) is 16.2 Å². The Hall–Kier alpha value is -2.18. The summed E-state index contributed by atoms with van der Waals surface area (Å²) < 4.78 is 6.31. The molecule has 118 valence electrons. The number of H-pyrrole nitrogens is 1. The second-order valence-corrected chi connectivity index (χ2v) is 6.56. The number of aromatic nitrogens is 2. The molecule has 0 saturated heterocycles. The molecule has 1 aromatic carbocycles. The summed E-state index contributed by atoms with van der Waals surface area (Å²) in [6.07, 6.45) is 0. The summed E-state index contributed by atoms with van der Waals surface area (Å²) in [5.41, 5.74) is 0.521. The number of nitrogens with one attached hydrogen (secondary N) is 1. The molecule has 0 aliphatic carbocycles. The molecule has 1 N–H and O–H groups in total. The molecule has 2 heterocycles. The zero-order chi connectivity index (χ0) is 16.6. The number of nitrogens with zero attached hydrogens (tertiary/aromatic N) is 1. The van der Waals surface area contributed by atoms with E-state index in [2.05, 4.69) is 10.2 Å². The van der Waals surface area contributed by atoms with Gasteiger partial charge in [-0.25, -0.2) is 9.89 Å². The first kappa shape index (κ1) is 15.7. The fraction of sp³-hybridized carbons (Fsp3) is 0.188. The van der Waals surface area contributed by atoms with Gasteiger partial charge in [-0.3, -0.25) is 4.79 Å². The van der Waals surface area contributed by atoms with E-state index >= 15 is 0 Å². The summed E-state index contributed by atoms with van der Waals surface area (Å²) in [5, 5.41) is 7.62. The first-order valence-corrected chi connectivity index (χ1v) is 8.07. The van der Waals surface area contributed by atoms with Gasteiger partial charge in [0.1, 0.15) is 12.2 Å². The average Bonchev–Trinajstić information content (AvgIpc) is 2.86. The Kier molecular flexibility index (Phi) is 4.19. The summed E-state index contributed by atoms with van der Waals surface area (Å²) in [5.74, 6) is -0.678. The number of hydrogen-bond acceptors (Lipinski definition) is 5. The molecule has 23 heavy (non-hydrogen) atoms. The molecular weight excluding hydrogens is 336 g/mol. The molecule has 3 rings (SSSR count). The number of carbonyl (C=O) groups is 1. The molecule has 3 aromatic rings. The number of aryl methyl sites for hydroxylation is 1. The number of esters is 1. The van der Waals surface area contributed by atoms with Crippen LogP contribution in [0.4, 0.5) is 0 Å². The smallest absolute Gasteiger partial charge is 0.344 e. The van der Waals surface area contributed by atoms with E-state index in [0.717, 1.165) is 15.0 Å². The summed E-state index contributed by atoms with van der Waals surface area (Å²) in [7, 11) is 0. The number of ether oxygens (including phenoxy) is 1. The number of thiophene rings is 1. The third-order valence-corrected chi connectivity index (χ3v) is 5.30. The van der Waals surface area contributed by atoms with Crippen molar-refractivity contribution in [1.82, 2.24) is 10.2 Å². The van der Waals surface area contributed by atoms with Crippen LogP contribution in [0, 0.1) is 13.8 Å². The first-order valence-electron chi connectivity index (χ1n) is 6.88. The molecule has 0 aliphatic heterocycles. The van der Waals surface area contributed by atoms with Crippen LogP contribution in [0.1, 0.15) is 26.5 Å². The first-order chi connectivity index (χ1) is 11.0. The number of rotatable bonds is 3. The standard InChI is InChI=1S/C16H13ClN2O3S/c1-8-9(2)18-19-15(20)13(8)16(21)22-7-12-14(17)10-5-3-4-6-11(10)23-12/h3-6H,7H2,1-2H3,(H,19,20). The van der Waals surface area contributed by atoms with Crippen molar-refractivity contribution in [2.24, 2.45) is 0 Å². The summed E-state index contributed by atoms with van der Waals surface area (Å²) >= 11 is 7.78. The third kappa shape index (κ3) is 2.87. The van der Waals surface area contributed by atoms with Crippen molar-refractivity contribution < 1.29 is 9.53 Å². The van der Waals surface area contributed by atoms with Crippen LogP contribution in [0.5, 0.6) is 0 Å². The van der Waals surface area contributed by atoms with Gasteiger partial charge in [-0.2, -0.15) is 5.10 Å². The minimum atomic E-state index is -0.678. The van der Waals surface area contributed by atoms with Gasteiger partial charge in [0, 0.05) is 10.1 Å². The fourth-order valence-corrected chi connectivity index (χ4v) is 3.63. The highest BCUT2D eigenvalue weighted by molar-refractivity contribution is 7.19. The van der Waals surface area contributed by atoms with Crippen LogP contribution in [0.15, 0.2) is 29.1 Å². The van der Waals surface area contributed by atoms with E-state index < -0.39 is 11.5 Å². The van der Waals surface area contributed by atoms with Crippen LogP contribution < -0.4 is 5.56 Å². The number of aromatic amines is 1. The van der Waals surface area contributed by atoms with Crippen LogP contribution in [-0.2, 0) is 11.3 Å². The Balaban J connectivity index is 1.85. The van der Waals surface area contributed by atoms with Crippen molar-refractivity contribution >= 4 is 39.0 Å². The van der Waals surface area contributed by atoms with Crippen LogP contribution in [0.3, 0.4) is 0 Å². The highest BCUT2D eigenvalue weighted by atomic mass is 35.5. The lowest BCUT2D eigenvalue weighted by atomic mass is 10.1. The molecule has 0 fully saturated rings. The topological polar surface area (TPSA) is 72.0 Å². The Morgan fingerprint density at radius 2 is 2.09 bits per heavy atom. The minimum Gasteiger partial charge on any atom is -0.456 e. The number of benzene rings is 1. The predicted molar refractivity (Wildman–Crippen MR) is 90.3 cm³/mol. The van der Waals surface area contributed by atoms with Crippen LogP contribution >= 0.6 is 22.9 Å². The Labute approximate surface area is 140 Å². The number of hydrogen-bond donors (Lipinski definition) is 1. The van der Waals surface area contributed by atoms with Gasteiger partial charge in [0.05, 0.1) is 15.6 Å². The molecule has 7 heteroatoms. The van der Waals surface area contributed by atoms with Crippen molar-refractivity contribution in [1.29, 1.82) is 0 Å². The molecule has 0 saturated carbocycles. The SMILES string of the molecule is Cc1n[nH]c(=O)c(C(=O)OCc2sc3ccccc3c2Cl)c1C. The summed E-state index contributed by atoms with van der Waals surface area (Å²) in [6, 6.07) is 7.70. The van der Waals surface area contributed by atoms with Crippen molar-refractivity contribution in [2.45, 2.75) is 20.5 Å². The molecule has 0 aliphatic rings. The Bertz CT molecular complexity index is 962. The van der Waals surface area contributed by atoms with Gasteiger partial charge >= 0.3 is 5.97 Å². The van der Waals surface area contributed by atoms with Gasteiger partial charge in [0.2, 0.25) is 0 Å². The highest BCUT2D eigenvalue weighted by Crippen LogP contribution is 2.35. The van der Waals surface area contributed by atoms with Crippen LogP contribution in [0.25, 0.3) is 10.1 Å². The van der Waals surface area contributed by atoms with E-state index in [1.54, 1.807) is 13.8 Å². The monoisotopic (exact) mass is 348 g/mol. The van der Waals surface area contributed by atoms with E-state index in [9.17, 15) is 9.59 Å². The maximum atomic E-state index is 12.2. The highest BCUT2D eigenvalue weighted by Gasteiger charge is 2.19. The van der Waals surface area contributed by atoms with E-state index in [1.165, 1.54) is 11.3 Å². The molecular formula is C16H13ClN2O3S. The van der Waals surface area contributed by atoms with Crippen molar-refractivity contribution in [3.8, 4) is 0 Å². The largest absolute Gasteiger partial charge is 0.456 e. The zero-order valence-electron chi connectivity index (χ0n) is 12.5. The number of halogens is 1. The maximum Gasteiger partial charge on any atom is 0.344 e. The lowest BCUT2D eigenvalue weighted by Crippen LogP contribution is -2.23. The van der Waals surface area contributed by atoms with Gasteiger partial charge in [0.25, 0.3) is 5.56 Å². The summed E-state index contributed by atoms with van der Waals surface area (Å²) in [4.78, 5) is 24.8. The van der Waals surface area contributed by atoms with E-state index in [1.807, 2.05) is 24.3 Å². The van der Waals surface area contributed by atoms with Crippen LogP contribution in [0.2, 0.25) is 5.02 Å². The third-order valence-electron chi connectivity index (χ3n) is 3.61. The summed E-state index contributed by atoms with van der Waals surface area (Å²) in [6.45, 7) is 3.41. The number of fused-ring (bicyclic) bond motifs is 1. The van der Waals surface area contributed by atoms with Crippen molar-refractivity contribution in [3.63, 3.8) is 0 Å². The molecule has 2 aromatic heterocycles. The Morgan fingerprint density at radius 1 is 1.35 bits per heavy atom. The normalized spacial score (nSPS) is 10.9. The lowest BCUT2D eigenvalue weighted by molar-refractivity contribution is 0.0473. The second kappa shape index (κ2) is 6.14. The van der Waals surface area contributed by atoms with Gasteiger partial charge in [-0.05, 0) is 25.5 Å². The predicted octanol–water partition coefficient (Wildman–Crippen LogP) is 3.61. The van der Waals surface area contributed by atoms with Gasteiger partial charge < -0.3 is 4.74 Å². The Morgan fingerprint density at radius 3 is 2.83 bits per heavy atom. The van der Waals surface area contributed by atoms with Gasteiger partial charge in [-0.15, -0.1) is 11.3 Å². The molecule has 0 unspecified atom stereocenters. The second-order valence-electron chi connectivity index (χ2n) is 5.05. The quantitative estimate of drug-likeness (QED) is 0.734.